The van der Waals surface area contributed by atoms with Gasteiger partial charge in [0.05, 0.1) is 0 Å². The molecule has 1 heteroatoms. The van der Waals surface area contributed by atoms with Crippen molar-refractivity contribution in [1.29, 1.82) is 0 Å². The van der Waals surface area contributed by atoms with Gasteiger partial charge in [-0.25, -0.2) is 0 Å². The Morgan fingerprint density at radius 2 is 1.73 bits per heavy atom. The van der Waals surface area contributed by atoms with Crippen LogP contribution in [0.25, 0.3) is 6.08 Å². The summed E-state index contributed by atoms with van der Waals surface area (Å²) in [7, 11) is 0. The van der Waals surface area contributed by atoms with E-state index in [-0.39, 0.29) is 0 Å². The van der Waals surface area contributed by atoms with Gasteiger partial charge < -0.3 is 4.79 Å². The van der Waals surface area contributed by atoms with Crippen LogP contribution in [0, 0.1) is 0 Å². The Morgan fingerprint density at radius 3 is 2.18 bits per heavy atom. The lowest BCUT2D eigenvalue weighted by atomic mass is 10.2. The lowest BCUT2D eigenvalue weighted by Gasteiger charge is -1.86. The molecule has 1 aromatic rings. The maximum Gasteiger partial charge on any atom is 0.106 e. The van der Waals surface area contributed by atoms with Crippen LogP contribution in [0.5, 0.6) is 0 Å². The van der Waals surface area contributed by atoms with Crippen LogP contribution in [-0.4, -0.2) is 6.79 Å². The van der Waals surface area contributed by atoms with Gasteiger partial charge in [0, 0.05) is 0 Å². The minimum atomic E-state index is 1.26. The van der Waals surface area contributed by atoms with Crippen LogP contribution in [0.4, 0.5) is 0 Å². The second-order valence-electron chi connectivity index (χ2n) is 1.91. The molecule has 0 heterocycles. The zero-order valence-electron chi connectivity index (χ0n) is 6.66. The third-order valence-corrected chi connectivity index (χ3v) is 1.16. The molecule has 1 nitrogen and oxygen atoms in total. The van der Waals surface area contributed by atoms with E-state index in [9.17, 15) is 0 Å². The molecule has 0 amide bonds. The highest BCUT2D eigenvalue weighted by Gasteiger charge is 1.77. The lowest BCUT2D eigenvalue weighted by molar-refractivity contribution is -0.0979. The highest BCUT2D eigenvalue weighted by Crippen LogP contribution is 1.99. The van der Waals surface area contributed by atoms with E-state index in [2.05, 4.69) is 18.2 Å². The van der Waals surface area contributed by atoms with E-state index in [1.807, 2.05) is 38.0 Å². The first-order chi connectivity index (χ1) is 5.43. The first-order valence-corrected chi connectivity index (χ1v) is 3.40. The van der Waals surface area contributed by atoms with Crippen LogP contribution in [0.3, 0.4) is 0 Å². The van der Waals surface area contributed by atoms with Crippen molar-refractivity contribution in [3.8, 4) is 0 Å². The summed E-state index contributed by atoms with van der Waals surface area (Å²) < 4.78 is 0. The predicted molar refractivity (Wildman–Crippen MR) is 48.3 cm³/mol. The molecule has 1 rings (SSSR count). The summed E-state index contributed by atoms with van der Waals surface area (Å²) in [5, 5.41) is 0. The molecule has 1 aromatic carbocycles. The van der Waals surface area contributed by atoms with Gasteiger partial charge in [-0.1, -0.05) is 42.5 Å². The van der Waals surface area contributed by atoms with Crippen molar-refractivity contribution in [2.45, 2.75) is 6.92 Å². The molecule has 0 saturated heterocycles. The molecule has 0 aromatic heterocycles. The average Bonchev–Trinajstić information content (AvgIpc) is 2.11. The maximum absolute atomic E-state index is 8.00. The molecule has 0 radical (unpaired) electrons. The molecule has 0 spiro atoms. The highest BCUT2D eigenvalue weighted by atomic mass is 16.1. The molecular weight excluding hydrogens is 136 g/mol. The van der Waals surface area contributed by atoms with Gasteiger partial charge in [0.1, 0.15) is 6.79 Å². The second-order valence-corrected chi connectivity index (χ2v) is 1.91. The molecule has 0 aliphatic rings. The van der Waals surface area contributed by atoms with Crippen molar-refractivity contribution < 1.29 is 4.79 Å². The van der Waals surface area contributed by atoms with E-state index in [0.29, 0.717) is 0 Å². The number of hydrogen-bond acceptors (Lipinski definition) is 1. The van der Waals surface area contributed by atoms with E-state index >= 15 is 0 Å². The van der Waals surface area contributed by atoms with E-state index in [1.165, 1.54) is 5.56 Å². The summed E-state index contributed by atoms with van der Waals surface area (Å²) in [6, 6.07) is 10.3. The smallest absolute Gasteiger partial charge is 0.106 e. The normalized spacial score (nSPS) is 8.82. The number of carbonyl (C=O) groups is 1. The quantitative estimate of drug-likeness (QED) is 0.598. The van der Waals surface area contributed by atoms with Crippen LogP contribution in [-0.2, 0) is 4.79 Å². The standard InChI is InChI=1S/C9H10.CH2O/c1-2-6-9-7-4-3-5-8-9;1-2/h2-8H,1H3;1H2. The van der Waals surface area contributed by atoms with Gasteiger partial charge in [0.15, 0.2) is 0 Å². The van der Waals surface area contributed by atoms with Crippen molar-refractivity contribution in [3.05, 3.63) is 42.0 Å². The molecule has 0 aliphatic heterocycles. The Kier molecular flexibility index (Phi) is 5.91. The maximum atomic E-state index is 8.00. The van der Waals surface area contributed by atoms with E-state index in [1.54, 1.807) is 0 Å². The number of hydrogen-bond donors (Lipinski definition) is 0. The minimum Gasteiger partial charge on any atom is -0.307 e. The van der Waals surface area contributed by atoms with Gasteiger partial charge >= 0.3 is 0 Å². The Hall–Kier alpha value is -1.37. The molecule has 0 unspecified atom stereocenters. The summed E-state index contributed by atoms with van der Waals surface area (Å²) in [6.45, 7) is 4.02. The summed E-state index contributed by atoms with van der Waals surface area (Å²) >= 11 is 0. The van der Waals surface area contributed by atoms with E-state index in [0.717, 1.165) is 0 Å². The van der Waals surface area contributed by atoms with Crippen molar-refractivity contribution in [3.63, 3.8) is 0 Å². The molecule has 11 heavy (non-hydrogen) atoms. The first kappa shape index (κ1) is 9.63. The van der Waals surface area contributed by atoms with Gasteiger partial charge in [-0.15, -0.1) is 0 Å². The SMILES string of the molecule is C=O.CC=Cc1ccccc1. The molecule has 0 aliphatic carbocycles. The van der Waals surface area contributed by atoms with Crippen molar-refractivity contribution in [1.82, 2.24) is 0 Å². The average molecular weight is 148 g/mol. The highest BCUT2D eigenvalue weighted by molar-refractivity contribution is 5.47. The summed E-state index contributed by atoms with van der Waals surface area (Å²) in [5.74, 6) is 0. The Labute approximate surface area is 67.4 Å². The van der Waals surface area contributed by atoms with Gasteiger partial charge in [-0.2, -0.15) is 0 Å². The van der Waals surface area contributed by atoms with Crippen LogP contribution in [0.2, 0.25) is 0 Å². The Bertz CT molecular complexity index is 201. The predicted octanol–water partition coefficient (Wildman–Crippen LogP) is 2.53. The topological polar surface area (TPSA) is 17.1 Å². The number of allylic oxidation sites excluding steroid dienone is 1. The van der Waals surface area contributed by atoms with Crippen molar-refractivity contribution >= 4 is 12.9 Å². The third-order valence-electron chi connectivity index (χ3n) is 1.16. The molecular formula is C10H12O. The first-order valence-electron chi connectivity index (χ1n) is 3.40. The monoisotopic (exact) mass is 148 g/mol. The van der Waals surface area contributed by atoms with Crippen LogP contribution >= 0.6 is 0 Å². The molecule has 0 fully saturated rings. The van der Waals surface area contributed by atoms with Crippen molar-refractivity contribution in [2.75, 3.05) is 0 Å². The van der Waals surface area contributed by atoms with Gasteiger partial charge in [0.2, 0.25) is 0 Å². The fourth-order valence-corrected chi connectivity index (χ4v) is 0.757. The third kappa shape index (κ3) is 4.09. The van der Waals surface area contributed by atoms with Crippen molar-refractivity contribution in [2.24, 2.45) is 0 Å². The van der Waals surface area contributed by atoms with Gasteiger partial charge in [-0.05, 0) is 12.5 Å². The largest absolute Gasteiger partial charge is 0.307 e. The van der Waals surface area contributed by atoms with Crippen LogP contribution in [0.15, 0.2) is 36.4 Å². The fourth-order valence-electron chi connectivity index (χ4n) is 0.757. The number of carbonyl (C=O) groups excluding carboxylic acids is 1. The van der Waals surface area contributed by atoms with Gasteiger partial charge in [0.25, 0.3) is 0 Å². The van der Waals surface area contributed by atoms with Crippen LogP contribution < -0.4 is 0 Å². The number of benzene rings is 1. The Balaban J connectivity index is 0.000000461. The molecule has 0 bridgehead atoms. The number of rotatable bonds is 1. The van der Waals surface area contributed by atoms with E-state index in [4.69, 9.17) is 4.79 Å². The van der Waals surface area contributed by atoms with E-state index < -0.39 is 0 Å². The lowest BCUT2D eigenvalue weighted by Crippen LogP contribution is -1.65. The fraction of sp³-hybridized carbons (Fsp3) is 0.100. The zero-order valence-corrected chi connectivity index (χ0v) is 6.66. The Morgan fingerprint density at radius 1 is 1.18 bits per heavy atom. The summed E-state index contributed by atoms with van der Waals surface area (Å²) in [5.41, 5.74) is 1.26. The molecule has 58 valence electrons. The second kappa shape index (κ2) is 6.75. The van der Waals surface area contributed by atoms with Crippen LogP contribution in [0.1, 0.15) is 12.5 Å². The summed E-state index contributed by atoms with van der Waals surface area (Å²) in [6.07, 6.45) is 4.12. The zero-order chi connectivity index (χ0) is 8.53. The van der Waals surface area contributed by atoms with Gasteiger partial charge in [-0.3, -0.25) is 0 Å². The molecule has 0 atom stereocenters. The molecule has 0 saturated carbocycles. The minimum absolute atomic E-state index is 1.26. The molecule has 0 N–H and O–H groups in total. The summed E-state index contributed by atoms with van der Waals surface area (Å²) in [4.78, 5) is 8.00.